The van der Waals surface area contributed by atoms with Crippen molar-refractivity contribution >= 4 is 12.2 Å². The average Bonchev–Trinajstić information content (AvgIpc) is 2.69. The second-order valence-corrected chi connectivity index (χ2v) is 4.62. The van der Waals surface area contributed by atoms with Crippen LogP contribution in [0.2, 0.25) is 0 Å². The predicted molar refractivity (Wildman–Crippen MR) is 65.8 cm³/mol. The van der Waals surface area contributed by atoms with Crippen LogP contribution in [0.25, 0.3) is 10.4 Å². The molecule has 0 aliphatic carbocycles. The first-order chi connectivity index (χ1) is 9.86. The van der Waals surface area contributed by atoms with Crippen molar-refractivity contribution in [3.63, 3.8) is 0 Å². The number of alkyl halides is 1. The number of ether oxygens (including phenoxy) is 1. The van der Waals surface area contributed by atoms with Crippen LogP contribution in [-0.2, 0) is 4.74 Å². The number of aromatic nitrogens is 2. The van der Waals surface area contributed by atoms with E-state index < -0.39 is 42.2 Å². The van der Waals surface area contributed by atoms with E-state index in [1.54, 1.807) is 0 Å². The minimum Gasteiger partial charge on any atom is -0.393 e. The summed E-state index contributed by atoms with van der Waals surface area (Å²) < 4.78 is 32.8. The zero-order chi connectivity index (χ0) is 15.8. The molecule has 0 saturated carbocycles. The number of hydrogen-bond acceptors (Lipinski definition) is 6. The molecule has 0 bridgehead atoms. The van der Waals surface area contributed by atoms with Gasteiger partial charge in [0, 0.05) is 4.91 Å². The molecule has 21 heavy (non-hydrogen) atoms. The number of aliphatic hydroxyl groups is 2. The first-order valence-electron chi connectivity index (χ1n) is 5.54. The number of rotatable bonds is 3. The lowest BCUT2D eigenvalue weighted by molar-refractivity contribution is -0.124. The van der Waals surface area contributed by atoms with Crippen molar-refractivity contribution in [1.29, 1.82) is 0 Å². The quantitative estimate of drug-likeness (QED) is 0.318. The average molecular weight is 321 g/mol. The van der Waals surface area contributed by atoms with Crippen LogP contribution in [0.4, 0.5) is 8.78 Å². The highest BCUT2D eigenvalue weighted by Crippen LogP contribution is 2.39. The fraction of sp³-hybridized carbons (Fsp3) is 0.556. The lowest BCUT2D eigenvalue weighted by atomic mass is 10.1. The van der Waals surface area contributed by atoms with Gasteiger partial charge in [0.05, 0.1) is 12.8 Å². The van der Waals surface area contributed by atoms with E-state index in [1.165, 1.54) is 0 Å². The van der Waals surface area contributed by atoms with E-state index in [4.69, 9.17) is 22.5 Å². The van der Waals surface area contributed by atoms with Gasteiger partial charge in [0.1, 0.15) is 6.10 Å². The number of H-pyrrole nitrogens is 1. The van der Waals surface area contributed by atoms with Gasteiger partial charge in [-0.15, -0.1) is 0 Å². The molecular weight excluding hydrogens is 312 g/mol. The summed E-state index contributed by atoms with van der Waals surface area (Å²) >= 11 is 4.75. The fourth-order valence-electron chi connectivity index (χ4n) is 1.93. The number of nitrogens with one attached hydrogen (secondary N) is 1. The van der Waals surface area contributed by atoms with E-state index in [9.17, 15) is 23.8 Å². The molecular formula is C9H9F2N5O4S. The van der Waals surface area contributed by atoms with Crippen molar-refractivity contribution in [1.82, 2.24) is 9.55 Å². The Bertz CT molecular complexity index is 717. The molecule has 1 unspecified atom stereocenters. The maximum Gasteiger partial charge on any atom is 0.287 e. The van der Waals surface area contributed by atoms with Crippen LogP contribution in [-0.4, -0.2) is 44.4 Å². The molecule has 2 rings (SSSR count). The smallest absolute Gasteiger partial charge is 0.287 e. The van der Waals surface area contributed by atoms with Gasteiger partial charge in [-0.3, -0.25) is 14.3 Å². The lowest BCUT2D eigenvalue weighted by Crippen LogP contribution is -2.43. The highest BCUT2D eigenvalue weighted by Gasteiger charge is 2.55. The number of halogens is 2. The highest BCUT2D eigenvalue weighted by molar-refractivity contribution is 7.71. The Hall–Kier alpha value is -1.85. The molecule has 1 fully saturated rings. The maximum absolute atomic E-state index is 14.1. The van der Waals surface area contributed by atoms with Crippen LogP contribution in [0.5, 0.6) is 0 Å². The number of nitrogens with zero attached hydrogens (tertiary/aromatic N) is 4. The van der Waals surface area contributed by atoms with Crippen LogP contribution in [0.1, 0.15) is 6.23 Å². The van der Waals surface area contributed by atoms with Crippen LogP contribution >= 0.6 is 12.2 Å². The van der Waals surface area contributed by atoms with E-state index >= 15 is 0 Å². The molecule has 9 nitrogen and oxygen atoms in total. The van der Waals surface area contributed by atoms with Gasteiger partial charge in [0.2, 0.25) is 11.5 Å². The zero-order valence-corrected chi connectivity index (χ0v) is 11.0. The zero-order valence-electron chi connectivity index (χ0n) is 10.2. The van der Waals surface area contributed by atoms with Crippen molar-refractivity contribution in [2.45, 2.75) is 24.2 Å². The second kappa shape index (κ2) is 5.50. The van der Waals surface area contributed by atoms with Crippen LogP contribution in [0, 0.1) is 10.6 Å². The highest BCUT2D eigenvalue weighted by atomic mass is 32.1. The van der Waals surface area contributed by atoms with E-state index in [1.807, 2.05) is 4.98 Å². The summed E-state index contributed by atoms with van der Waals surface area (Å²) in [6.45, 7) is -1.01. The number of aromatic amines is 1. The second-order valence-electron chi connectivity index (χ2n) is 4.23. The summed E-state index contributed by atoms with van der Waals surface area (Å²) in [6, 6.07) is 0. The molecule has 0 aromatic carbocycles. The van der Waals surface area contributed by atoms with Crippen molar-refractivity contribution in [3.05, 3.63) is 37.6 Å². The largest absolute Gasteiger partial charge is 0.393 e. The van der Waals surface area contributed by atoms with Gasteiger partial charge in [0.25, 0.3) is 5.56 Å². The van der Waals surface area contributed by atoms with Gasteiger partial charge in [-0.1, -0.05) is 5.11 Å². The maximum atomic E-state index is 14.1. The SMILES string of the molecule is [N-]=[N+]=N[C@]1(CO)O[C@@H](n2cc(F)c(=O)[nH]c2=S)[C@@H](F)C1O. The summed E-state index contributed by atoms with van der Waals surface area (Å²) in [5.74, 6) is -1.25. The topological polar surface area (TPSA) is 136 Å². The Labute approximate surface area is 120 Å². The van der Waals surface area contributed by atoms with Crippen LogP contribution < -0.4 is 5.56 Å². The third-order valence-corrected chi connectivity index (χ3v) is 3.31. The van der Waals surface area contributed by atoms with Crippen LogP contribution in [0.3, 0.4) is 0 Å². The predicted octanol–water partition coefficient (Wildman–Crippen LogP) is 0.272. The standard InChI is InChI=1S/C9H9F2N5O4S/c10-3-1-16(8(21)13-6(3)19)7-4(11)5(18)9(2-17,20-7)14-15-12/h1,4-5,7,17-18H,2H2,(H,13,19,21)/t4-,5?,7+,9+/m0/s1. The first-order valence-corrected chi connectivity index (χ1v) is 5.95. The van der Waals surface area contributed by atoms with Gasteiger partial charge in [0.15, 0.2) is 17.2 Å². The van der Waals surface area contributed by atoms with E-state index in [0.717, 1.165) is 0 Å². The van der Waals surface area contributed by atoms with Gasteiger partial charge in [-0.25, -0.2) is 4.39 Å². The minimum atomic E-state index is -2.26. The Morgan fingerprint density at radius 3 is 2.95 bits per heavy atom. The van der Waals surface area contributed by atoms with Gasteiger partial charge < -0.3 is 14.9 Å². The molecule has 1 aromatic heterocycles. The third kappa shape index (κ3) is 2.43. The third-order valence-electron chi connectivity index (χ3n) is 3.00. The first kappa shape index (κ1) is 15.5. The molecule has 12 heteroatoms. The molecule has 1 aromatic rings. The van der Waals surface area contributed by atoms with Gasteiger partial charge >= 0.3 is 0 Å². The summed E-state index contributed by atoms with van der Waals surface area (Å²) in [7, 11) is 0. The van der Waals surface area contributed by atoms with E-state index in [2.05, 4.69) is 10.0 Å². The molecule has 4 atom stereocenters. The van der Waals surface area contributed by atoms with Gasteiger partial charge in [-0.05, 0) is 17.7 Å². The van der Waals surface area contributed by atoms with Gasteiger partial charge in [-0.2, -0.15) is 4.39 Å². The van der Waals surface area contributed by atoms with Crippen molar-refractivity contribution in [2.24, 2.45) is 5.11 Å². The molecule has 0 radical (unpaired) electrons. The summed E-state index contributed by atoms with van der Waals surface area (Å²) in [6.07, 6.45) is -5.27. The van der Waals surface area contributed by atoms with E-state index in [0.29, 0.717) is 10.8 Å². The Balaban J connectivity index is 2.52. The number of azide groups is 1. The monoisotopic (exact) mass is 321 g/mol. The van der Waals surface area contributed by atoms with E-state index in [-0.39, 0.29) is 4.77 Å². The molecule has 114 valence electrons. The fourth-order valence-corrected chi connectivity index (χ4v) is 2.18. The normalized spacial score (nSPS) is 31.9. The number of hydrogen-bond donors (Lipinski definition) is 3. The summed E-state index contributed by atoms with van der Waals surface area (Å²) in [4.78, 5) is 15.4. The van der Waals surface area contributed by atoms with Crippen molar-refractivity contribution in [2.75, 3.05) is 6.61 Å². The molecule has 3 N–H and O–H groups in total. The number of aliphatic hydroxyl groups excluding tert-OH is 2. The Kier molecular flexibility index (Phi) is 4.07. The molecule has 1 aliphatic rings. The van der Waals surface area contributed by atoms with Crippen molar-refractivity contribution in [3.8, 4) is 0 Å². The molecule has 1 aliphatic heterocycles. The summed E-state index contributed by atoms with van der Waals surface area (Å²) in [5.41, 5.74) is 5.05. The molecule has 2 heterocycles. The summed E-state index contributed by atoms with van der Waals surface area (Å²) in [5, 5.41) is 22.0. The van der Waals surface area contributed by atoms with Crippen molar-refractivity contribution < 1.29 is 23.7 Å². The lowest BCUT2D eigenvalue weighted by Gasteiger charge is -2.23. The molecule has 0 amide bonds. The molecule has 1 saturated heterocycles. The Morgan fingerprint density at radius 2 is 2.38 bits per heavy atom. The molecule has 0 spiro atoms. The minimum absolute atomic E-state index is 0.365. The Morgan fingerprint density at radius 1 is 1.71 bits per heavy atom. The van der Waals surface area contributed by atoms with Crippen LogP contribution in [0.15, 0.2) is 16.1 Å².